The molecule has 4 heteroatoms. The van der Waals surface area contributed by atoms with Crippen molar-refractivity contribution < 1.29 is 0 Å². The largest absolute Gasteiger partial charge is 0.397 e. The molecule has 5 N–H and O–H groups in total. The quantitative estimate of drug-likeness (QED) is 0.627. The van der Waals surface area contributed by atoms with E-state index in [9.17, 15) is 0 Å². The third-order valence-electron chi connectivity index (χ3n) is 1.57. The number of rotatable bonds is 3. The van der Waals surface area contributed by atoms with Gasteiger partial charge in [-0.05, 0) is 12.5 Å². The number of nitrogen functional groups attached to an aromatic ring is 2. The first-order chi connectivity index (χ1) is 5.75. The lowest BCUT2D eigenvalue weighted by molar-refractivity contribution is 0.970. The molecule has 1 heterocycles. The van der Waals surface area contributed by atoms with Crippen molar-refractivity contribution in [2.24, 2.45) is 0 Å². The van der Waals surface area contributed by atoms with Crippen molar-refractivity contribution in [3.8, 4) is 0 Å². The van der Waals surface area contributed by atoms with Gasteiger partial charge in [-0.2, -0.15) is 0 Å². The summed E-state index contributed by atoms with van der Waals surface area (Å²) in [6.07, 6.45) is 2.68. The van der Waals surface area contributed by atoms with Crippen LogP contribution in [0.15, 0.2) is 12.3 Å². The van der Waals surface area contributed by atoms with Gasteiger partial charge in [-0.1, -0.05) is 6.92 Å². The normalized spacial score (nSPS) is 9.75. The van der Waals surface area contributed by atoms with Crippen LogP contribution in [0.5, 0.6) is 0 Å². The number of hydrogen-bond acceptors (Lipinski definition) is 4. The second kappa shape index (κ2) is 3.80. The molecule has 66 valence electrons. The van der Waals surface area contributed by atoms with Crippen molar-refractivity contribution in [1.82, 2.24) is 4.98 Å². The van der Waals surface area contributed by atoms with Crippen LogP contribution in [0.3, 0.4) is 0 Å². The van der Waals surface area contributed by atoms with Crippen molar-refractivity contribution >= 4 is 17.2 Å². The summed E-state index contributed by atoms with van der Waals surface area (Å²) in [5.41, 5.74) is 12.4. The Morgan fingerprint density at radius 3 is 2.92 bits per heavy atom. The van der Waals surface area contributed by atoms with E-state index in [0.29, 0.717) is 17.2 Å². The SMILES string of the molecule is CCCNc1nccc(N)c1N. The number of aromatic nitrogens is 1. The number of nitrogens with two attached hydrogens (primary N) is 2. The van der Waals surface area contributed by atoms with Crippen molar-refractivity contribution in [1.29, 1.82) is 0 Å². The zero-order valence-electron chi connectivity index (χ0n) is 7.17. The van der Waals surface area contributed by atoms with E-state index in [4.69, 9.17) is 11.5 Å². The molecule has 0 aliphatic carbocycles. The molecule has 0 unspecified atom stereocenters. The second-order valence-corrected chi connectivity index (χ2v) is 2.59. The summed E-state index contributed by atoms with van der Waals surface area (Å²) in [6, 6.07) is 1.69. The van der Waals surface area contributed by atoms with Crippen LogP contribution in [0, 0.1) is 0 Å². The smallest absolute Gasteiger partial charge is 0.151 e. The second-order valence-electron chi connectivity index (χ2n) is 2.59. The molecule has 0 aliphatic heterocycles. The van der Waals surface area contributed by atoms with E-state index >= 15 is 0 Å². The molecule has 12 heavy (non-hydrogen) atoms. The predicted molar refractivity (Wildman–Crippen MR) is 51.8 cm³/mol. The molecular weight excluding hydrogens is 152 g/mol. The third kappa shape index (κ3) is 1.78. The third-order valence-corrected chi connectivity index (χ3v) is 1.57. The highest BCUT2D eigenvalue weighted by atomic mass is 15.0. The molecule has 0 amide bonds. The van der Waals surface area contributed by atoms with Crippen molar-refractivity contribution in [3.05, 3.63) is 12.3 Å². The lowest BCUT2D eigenvalue weighted by atomic mass is 10.3. The zero-order chi connectivity index (χ0) is 8.97. The van der Waals surface area contributed by atoms with Crippen LogP contribution in [0.25, 0.3) is 0 Å². The maximum atomic E-state index is 5.67. The first-order valence-electron chi connectivity index (χ1n) is 3.99. The molecule has 0 bridgehead atoms. The summed E-state index contributed by atoms with van der Waals surface area (Å²) in [4.78, 5) is 4.06. The van der Waals surface area contributed by atoms with Gasteiger partial charge in [0.1, 0.15) is 0 Å². The topological polar surface area (TPSA) is 77.0 Å². The van der Waals surface area contributed by atoms with Gasteiger partial charge in [-0.25, -0.2) is 4.98 Å². The summed E-state index contributed by atoms with van der Waals surface area (Å²) in [5, 5.41) is 3.09. The number of anilines is 3. The van der Waals surface area contributed by atoms with Gasteiger partial charge in [0.2, 0.25) is 0 Å². The van der Waals surface area contributed by atoms with Gasteiger partial charge in [0, 0.05) is 12.7 Å². The van der Waals surface area contributed by atoms with Crippen LogP contribution >= 0.6 is 0 Å². The maximum absolute atomic E-state index is 5.67. The molecule has 1 aromatic rings. The summed E-state index contributed by atoms with van der Waals surface area (Å²) < 4.78 is 0. The van der Waals surface area contributed by atoms with E-state index in [1.54, 1.807) is 12.3 Å². The molecule has 0 saturated carbocycles. The van der Waals surface area contributed by atoms with Gasteiger partial charge >= 0.3 is 0 Å². The maximum Gasteiger partial charge on any atom is 0.151 e. The highest BCUT2D eigenvalue weighted by Gasteiger charge is 2.00. The Balaban J connectivity index is 2.78. The Morgan fingerprint density at radius 2 is 2.25 bits per heavy atom. The average molecular weight is 166 g/mol. The van der Waals surface area contributed by atoms with E-state index in [1.165, 1.54) is 0 Å². The van der Waals surface area contributed by atoms with Gasteiger partial charge in [-0.15, -0.1) is 0 Å². The van der Waals surface area contributed by atoms with Crippen LogP contribution in [0.1, 0.15) is 13.3 Å². The number of hydrogen-bond donors (Lipinski definition) is 3. The van der Waals surface area contributed by atoms with Gasteiger partial charge < -0.3 is 16.8 Å². The number of nitrogens with one attached hydrogen (secondary N) is 1. The lowest BCUT2D eigenvalue weighted by Crippen LogP contribution is -2.06. The van der Waals surface area contributed by atoms with Crippen LogP contribution in [0.2, 0.25) is 0 Å². The molecule has 0 aromatic carbocycles. The molecule has 1 rings (SSSR count). The Bertz CT molecular complexity index is 259. The number of pyridine rings is 1. The monoisotopic (exact) mass is 166 g/mol. The molecular formula is C8H14N4. The van der Waals surface area contributed by atoms with E-state index in [1.807, 2.05) is 0 Å². The Labute approximate surface area is 72.0 Å². The Hall–Kier alpha value is -1.45. The van der Waals surface area contributed by atoms with Crippen molar-refractivity contribution in [2.75, 3.05) is 23.3 Å². The van der Waals surface area contributed by atoms with Gasteiger partial charge in [0.25, 0.3) is 0 Å². The minimum absolute atomic E-state index is 0.533. The fourth-order valence-electron chi connectivity index (χ4n) is 0.872. The minimum atomic E-state index is 0.533. The highest BCUT2D eigenvalue weighted by Crippen LogP contribution is 2.20. The minimum Gasteiger partial charge on any atom is -0.397 e. The van der Waals surface area contributed by atoms with Crippen LogP contribution in [0.4, 0.5) is 17.2 Å². The number of nitrogens with zero attached hydrogens (tertiary/aromatic N) is 1. The molecule has 0 atom stereocenters. The van der Waals surface area contributed by atoms with Crippen LogP contribution < -0.4 is 16.8 Å². The fraction of sp³-hybridized carbons (Fsp3) is 0.375. The van der Waals surface area contributed by atoms with Gasteiger partial charge in [-0.3, -0.25) is 0 Å². The standard InChI is InChI=1S/C8H14N4/c1-2-4-11-8-7(10)6(9)3-5-12-8/h3,5H,2,4,10H2,1H3,(H3,9,11,12). The first-order valence-corrected chi connectivity index (χ1v) is 3.99. The molecule has 0 saturated heterocycles. The lowest BCUT2D eigenvalue weighted by Gasteiger charge is -2.07. The molecule has 0 radical (unpaired) electrons. The van der Waals surface area contributed by atoms with Crippen molar-refractivity contribution in [3.63, 3.8) is 0 Å². The van der Waals surface area contributed by atoms with E-state index in [0.717, 1.165) is 13.0 Å². The molecule has 0 spiro atoms. The molecule has 4 nitrogen and oxygen atoms in total. The first kappa shape index (κ1) is 8.64. The van der Waals surface area contributed by atoms with Crippen LogP contribution in [-0.4, -0.2) is 11.5 Å². The highest BCUT2D eigenvalue weighted by molar-refractivity contribution is 5.75. The van der Waals surface area contributed by atoms with E-state index in [2.05, 4.69) is 17.2 Å². The average Bonchev–Trinajstić information content (AvgIpc) is 2.08. The molecule has 1 aromatic heterocycles. The summed E-state index contributed by atoms with van der Waals surface area (Å²) in [5.74, 6) is 0.678. The summed E-state index contributed by atoms with van der Waals surface area (Å²) >= 11 is 0. The molecule has 0 fully saturated rings. The van der Waals surface area contributed by atoms with Crippen LogP contribution in [-0.2, 0) is 0 Å². The predicted octanol–water partition coefficient (Wildman–Crippen LogP) is 1.07. The summed E-state index contributed by atoms with van der Waals surface area (Å²) in [7, 11) is 0. The summed E-state index contributed by atoms with van der Waals surface area (Å²) in [6.45, 7) is 2.94. The van der Waals surface area contributed by atoms with E-state index in [-0.39, 0.29) is 0 Å². The van der Waals surface area contributed by atoms with E-state index < -0.39 is 0 Å². The van der Waals surface area contributed by atoms with Gasteiger partial charge in [0.15, 0.2) is 5.82 Å². The Kier molecular flexibility index (Phi) is 2.74. The Morgan fingerprint density at radius 1 is 1.50 bits per heavy atom. The van der Waals surface area contributed by atoms with Gasteiger partial charge in [0.05, 0.1) is 11.4 Å². The zero-order valence-corrected chi connectivity index (χ0v) is 7.17. The van der Waals surface area contributed by atoms with Crippen molar-refractivity contribution in [2.45, 2.75) is 13.3 Å². The molecule has 0 aliphatic rings. The fourth-order valence-corrected chi connectivity index (χ4v) is 0.872.